The van der Waals surface area contributed by atoms with Crippen molar-refractivity contribution in [3.8, 4) is 16.4 Å². The summed E-state index contributed by atoms with van der Waals surface area (Å²) in [5.41, 5.74) is 6.54. The van der Waals surface area contributed by atoms with Crippen LogP contribution in [0.2, 0.25) is 0 Å². The third-order valence-electron chi connectivity index (χ3n) is 3.91. The predicted octanol–water partition coefficient (Wildman–Crippen LogP) is 3.89. The van der Waals surface area contributed by atoms with Gasteiger partial charge >= 0.3 is 0 Å². The Hall–Kier alpha value is -2.95. The number of aromatic nitrogens is 3. The molecule has 0 atom stereocenters. The molecule has 146 valence electrons. The van der Waals surface area contributed by atoms with Crippen LogP contribution in [0.4, 0.5) is 5.00 Å². The number of thioether (sulfide) groups is 1. The standard InChI is InChI=1S/C19H15N5O2S3/c20-16(26)13-8-10-28-18(13)21-15(25)11-29-19-23-22-17(14-7-4-9-27-14)24(19)12-5-2-1-3-6-12/h1-10H,11H2,(H2,20,26)(H,21,25). The number of nitrogens with zero attached hydrogens (tertiary/aromatic N) is 3. The van der Waals surface area contributed by atoms with E-state index >= 15 is 0 Å². The molecule has 0 aliphatic heterocycles. The number of hydrogen-bond donors (Lipinski definition) is 2. The fourth-order valence-electron chi connectivity index (χ4n) is 2.63. The molecule has 3 aromatic heterocycles. The molecule has 0 radical (unpaired) electrons. The quantitative estimate of drug-likeness (QED) is 0.424. The van der Waals surface area contributed by atoms with E-state index in [-0.39, 0.29) is 11.7 Å². The van der Waals surface area contributed by atoms with E-state index in [0.717, 1.165) is 16.4 Å². The number of benzene rings is 1. The van der Waals surface area contributed by atoms with Crippen molar-refractivity contribution in [2.24, 2.45) is 5.73 Å². The highest BCUT2D eigenvalue weighted by atomic mass is 32.2. The fourth-order valence-corrected chi connectivity index (χ4v) is 4.89. The molecule has 0 aliphatic carbocycles. The van der Waals surface area contributed by atoms with Crippen molar-refractivity contribution in [3.63, 3.8) is 0 Å². The topological polar surface area (TPSA) is 103 Å². The number of thiophene rings is 2. The first-order valence-electron chi connectivity index (χ1n) is 8.48. The number of carbonyl (C=O) groups excluding carboxylic acids is 2. The van der Waals surface area contributed by atoms with Crippen LogP contribution < -0.4 is 11.1 Å². The third-order valence-corrected chi connectivity index (χ3v) is 6.53. The van der Waals surface area contributed by atoms with Crippen LogP contribution in [0.5, 0.6) is 0 Å². The zero-order chi connectivity index (χ0) is 20.2. The Labute approximate surface area is 178 Å². The van der Waals surface area contributed by atoms with Crippen molar-refractivity contribution in [3.05, 3.63) is 64.9 Å². The van der Waals surface area contributed by atoms with Gasteiger partial charge in [0.15, 0.2) is 11.0 Å². The zero-order valence-electron chi connectivity index (χ0n) is 14.9. The monoisotopic (exact) mass is 441 g/mol. The normalized spacial score (nSPS) is 10.8. The summed E-state index contributed by atoms with van der Waals surface area (Å²) in [7, 11) is 0. The van der Waals surface area contributed by atoms with Crippen molar-refractivity contribution in [2.45, 2.75) is 5.16 Å². The molecule has 0 aliphatic rings. The molecule has 0 fully saturated rings. The van der Waals surface area contributed by atoms with Crippen molar-refractivity contribution < 1.29 is 9.59 Å². The van der Waals surface area contributed by atoms with E-state index in [9.17, 15) is 9.59 Å². The molecular formula is C19H15N5O2S3. The Bertz CT molecular complexity index is 1140. The zero-order valence-corrected chi connectivity index (χ0v) is 17.4. The summed E-state index contributed by atoms with van der Waals surface area (Å²) in [6, 6.07) is 15.3. The molecule has 0 unspecified atom stereocenters. The number of nitrogens with two attached hydrogens (primary N) is 1. The van der Waals surface area contributed by atoms with Crippen LogP contribution in [-0.2, 0) is 4.79 Å². The number of rotatable bonds is 7. The minimum Gasteiger partial charge on any atom is -0.366 e. The number of anilines is 1. The highest BCUT2D eigenvalue weighted by Crippen LogP contribution is 2.30. The number of para-hydroxylation sites is 1. The Morgan fingerprint density at radius 2 is 1.86 bits per heavy atom. The van der Waals surface area contributed by atoms with Crippen LogP contribution in [0, 0.1) is 0 Å². The van der Waals surface area contributed by atoms with Gasteiger partial charge in [-0.05, 0) is 35.0 Å². The van der Waals surface area contributed by atoms with Gasteiger partial charge in [0.1, 0.15) is 5.00 Å². The van der Waals surface area contributed by atoms with Crippen LogP contribution in [0.15, 0.2) is 64.4 Å². The number of hydrogen-bond acceptors (Lipinski definition) is 7. The van der Waals surface area contributed by atoms with E-state index in [1.807, 2.05) is 52.4 Å². The van der Waals surface area contributed by atoms with Gasteiger partial charge in [-0.1, -0.05) is 36.0 Å². The van der Waals surface area contributed by atoms with E-state index in [1.165, 1.54) is 23.1 Å². The van der Waals surface area contributed by atoms with Gasteiger partial charge in [-0.2, -0.15) is 0 Å². The average Bonchev–Trinajstić information content (AvgIpc) is 3.47. The highest BCUT2D eigenvalue weighted by molar-refractivity contribution is 7.99. The van der Waals surface area contributed by atoms with Gasteiger partial charge in [-0.15, -0.1) is 32.9 Å². The number of amides is 2. The maximum atomic E-state index is 12.4. The second kappa shape index (κ2) is 8.60. The van der Waals surface area contributed by atoms with E-state index < -0.39 is 5.91 Å². The van der Waals surface area contributed by atoms with Gasteiger partial charge in [0.05, 0.1) is 16.2 Å². The van der Waals surface area contributed by atoms with Gasteiger partial charge in [-0.25, -0.2) is 0 Å². The van der Waals surface area contributed by atoms with Gasteiger partial charge in [0, 0.05) is 5.69 Å². The van der Waals surface area contributed by atoms with Crippen LogP contribution in [-0.4, -0.2) is 32.3 Å². The van der Waals surface area contributed by atoms with E-state index in [0.29, 0.717) is 15.7 Å². The van der Waals surface area contributed by atoms with Crippen molar-refractivity contribution in [2.75, 3.05) is 11.1 Å². The lowest BCUT2D eigenvalue weighted by atomic mass is 10.3. The molecule has 29 heavy (non-hydrogen) atoms. The Morgan fingerprint density at radius 1 is 1.03 bits per heavy atom. The van der Waals surface area contributed by atoms with Crippen LogP contribution in [0.25, 0.3) is 16.4 Å². The third kappa shape index (κ3) is 4.24. The first-order valence-corrected chi connectivity index (χ1v) is 11.2. The first-order chi connectivity index (χ1) is 14.1. The minimum absolute atomic E-state index is 0.117. The smallest absolute Gasteiger partial charge is 0.251 e. The summed E-state index contributed by atoms with van der Waals surface area (Å²) in [5.74, 6) is 0.0214. The first kappa shape index (κ1) is 19.4. The lowest BCUT2D eigenvalue weighted by molar-refractivity contribution is -0.113. The molecule has 0 saturated carbocycles. The summed E-state index contributed by atoms with van der Waals surface area (Å²) >= 11 is 4.11. The van der Waals surface area contributed by atoms with Gasteiger partial charge in [0.25, 0.3) is 5.91 Å². The molecule has 7 nitrogen and oxygen atoms in total. The average molecular weight is 442 g/mol. The summed E-state index contributed by atoms with van der Waals surface area (Å²) in [6.07, 6.45) is 0. The van der Waals surface area contributed by atoms with Gasteiger partial charge in [-0.3, -0.25) is 14.2 Å². The maximum absolute atomic E-state index is 12.4. The second-order valence-corrected chi connectivity index (χ2v) is 8.63. The summed E-state index contributed by atoms with van der Waals surface area (Å²) in [4.78, 5) is 24.8. The predicted molar refractivity (Wildman–Crippen MR) is 117 cm³/mol. The summed E-state index contributed by atoms with van der Waals surface area (Å²) < 4.78 is 1.93. The fraction of sp³-hybridized carbons (Fsp3) is 0.0526. The lowest BCUT2D eigenvalue weighted by Crippen LogP contribution is -2.18. The SMILES string of the molecule is NC(=O)c1ccsc1NC(=O)CSc1nnc(-c2cccs2)n1-c1ccccc1. The lowest BCUT2D eigenvalue weighted by Gasteiger charge is -2.09. The van der Waals surface area contributed by atoms with Gasteiger partial charge < -0.3 is 11.1 Å². The number of nitrogens with one attached hydrogen (secondary N) is 1. The minimum atomic E-state index is -0.571. The van der Waals surface area contributed by atoms with E-state index in [1.54, 1.807) is 22.8 Å². The van der Waals surface area contributed by atoms with Crippen molar-refractivity contribution >= 4 is 51.3 Å². The Kier molecular flexibility index (Phi) is 5.74. The molecule has 2 amide bonds. The number of carbonyl (C=O) groups is 2. The van der Waals surface area contributed by atoms with Crippen LogP contribution in [0.3, 0.4) is 0 Å². The van der Waals surface area contributed by atoms with E-state index in [4.69, 9.17) is 5.73 Å². The Balaban J connectivity index is 1.55. The van der Waals surface area contributed by atoms with Gasteiger partial charge in [0.2, 0.25) is 5.91 Å². The Morgan fingerprint density at radius 3 is 2.59 bits per heavy atom. The molecule has 0 saturated heterocycles. The highest BCUT2D eigenvalue weighted by Gasteiger charge is 2.18. The number of primary amides is 1. The summed E-state index contributed by atoms with van der Waals surface area (Å²) in [5, 5.41) is 16.1. The molecule has 0 bridgehead atoms. The molecule has 4 aromatic rings. The van der Waals surface area contributed by atoms with Crippen molar-refractivity contribution in [1.29, 1.82) is 0 Å². The molecule has 0 spiro atoms. The van der Waals surface area contributed by atoms with Crippen LogP contribution >= 0.6 is 34.4 Å². The molecular weight excluding hydrogens is 426 g/mol. The van der Waals surface area contributed by atoms with Crippen LogP contribution in [0.1, 0.15) is 10.4 Å². The molecule has 3 heterocycles. The molecule has 1 aromatic carbocycles. The van der Waals surface area contributed by atoms with E-state index in [2.05, 4.69) is 15.5 Å². The second-order valence-electron chi connectivity index (χ2n) is 5.82. The molecule has 4 rings (SSSR count). The summed E-state index contributed by atoms with van der Waals surface area (Å²) in [6.45, 7) is 0. The van der Waals surface area contributed by atoms with Crippen molar-refractivity contribution in [1.82, 2.24) is 14.8 Å². The molecule has 3 N–H and O–H groups in total. The largest absolute Gasteiger partial charge is 0.366 e. The maximum Gasteiger partial charge on any atom is 0.251 e. The molecule has 10 heteroatoms.